The molecule has 1 atom stereocenters. The highest BCUT2D eigenvalue weighted by molar-refractivity contribution is 7.91. The minimum absolute atomic E-state index is 0.00647. The van der Waals surface area contributed by atoms with Crippen LogP contribution in [0.2, 0.25) is 0 Å². The van der Waals surface area contributed by atoms with Gasteiger partial charge in [0.15, 0.2) is 10.5 Å². The summed E-state index contributed by atoms with van der Waals surface area (Å²) in [4.78, 5) is 24.9. The van der Waals surface area contributed by atoms with E-state index in [0.29, 0.717) is 23.0 Å². The average molecular weight is 445 g/mol. The van der Waals surface area contributed by atoms with Crippen LogP contribution in [0.1, 0.15) is 62.7 Å². The van der Waals surface area contributed by atoms with E-state index < -0.39 is 17.1 Å². The third-order valence-electron chi connectivity index (χ3n) is 5.23. The molecule has 0 bridgehead atoms. The molecule has 2 aromatic carbocycles. The molecule has 31 heavy (non-hydrogen) atoms. The van der Waals surface area contributed by atoms with Crippen LogP contribution in [-0.4, -0.2) is 28.0 Å². The van der Waals surface area contributed by atoms with E-state index in [2.05, 4.69) is 6.92 Å². The number of rotatable bonds is 11. The normalized spacial score (nSPS) is 12.4. The Morgan fingerprint density at radius 2 is 1.81 bits per heavy atom. The third-order valence-corrected chi connectivity index (χ3v) is 6.55. The molecule has 1 unspecified atom stereocenters. The smallest absolute Gasteiger partial charge is 0.335 e. The van der Waals surface area contributed by atoms with Crippen molar-refractivity contribution >= 4 is 39.1 Å². The highest BCUT2D eigenvalue weighted by atomic mass is 32.2. The zero-order valence-electron chi connectivity index (χ0n) is 17.9. The maximum atomic E-state index is 13.1. The Balaban J connectivity index is 1.96. The van der Waals surface area contributed by atoms with E-state index in [1.165, 1.54) is 43.9 Å². The van der Waals surface area contributed by atoms with Crippen LogP contribution >= 0.6 is 0 Å². The van der Waals surface area contributed by atoms with Crippen LogP contribution in [0.3, 0.4) is 0 Å². The summed E-state index contributed by atoms with van der Waals surface area (Å²) in [5, 5.41) is 9.65. The Labute approximate surface area is 184 Å². The molecule has 3 aromatic rings. The van der Waals surface area contributed by atoms with Gasteiger partial charge in [0.1, 0.15) is 17.1 Å². The number of ether oxygens (including phenoxy) is 1. The standard InChI is InChI=1S/C24H28O6S/c1-3-5-6-7-8-9-12-29-17-14-19-22(25)18-13-16(24(26)27)10-11-20(18)30-23(19)21(15-17)31(28)4-2/h10-11,13-15H,3-9,12H2,1-2H3,(H,26,27). The first-order chi connectivity index (χ1) is 15.0. The Bertz CT molecular complexity index is 1120. The van der Waals surface area contributed by atoms with Gasteiger partial charge in [-0.1, -0.05) is 39.0 Å². The van der Waals surface area contributed by atoms with Gasteiger partial charge in [0.25, 0.3) is 0 Å². The van der Waals surface area contributed by atoms with Gasteiger partial charge in [-0.25, -0.2) is 4.79 Å². The monoisotopic (exact) mass is 444 g/mol. The van der Waals surface area contributed by atoms with Crippen LogP contribution in [0.25, 0.3) is 21.9 Å². The maximum Gasteiger partial charge on any atom is 0.335 e. The molecule has 0 spiro atoms. The van der Waals surface area contributed by atoms with E-state index in [0.717, 1.165) is 12.8 Å². The molecule has 166 valence electrons. The number of carboxylic acids is 1. The first-order valence-electron chi connectivity index (χ1n) is 10.7. The molecule has 1 heterocycles. The summed E-state index contributed by atoms with van der Waals surface area (Å²) < 4.78 is 24.4. The largest absolute Gasteiger partial charge is 0.611 e. The van der Waals surface area contributed by atoms with Crippen molar-refractivity contribution in [2.75, 3.05) is 12.4 Å². The molecule has 0 amide bonds. The van der Waals surface area contributed by atoms with Crippen LogP contribution in [0.5, 0.6) is 5.75 Å². The molecule has 3 rings (SSSR count). The average Bonchev–Trinajstić information content (AvgIpc) is 2.77. The van der Waals surface area contributed by atoms with Crippen LogP contribution < -0.4 is 10.2 Å². The van der Waals surface area contributed by atoms with Crippen molar-refractivity contribution < 1.29 is 23.6 Å². The van der Waals surface area contributed by atoms with Gasteiger partial charge in [-0.15, -0.1) is 0 Å². The quantitative estimate of drug-likeness (QED) is 0.238. The van der Waals surface area contributed by atoms with E-state index in [-0.39, 0.29) is 32.9 Å². The number of carbonyl (C=O) groups is 1. The molecule has 7 heteroatoms. The molecule has 1 N–H and O–H groups in total. The lowest BCUT2D eigenvalue weighted by molar-refractivity contribution is 0.0697. The predicted molar refractivity (Wildman–Crippen MR) is 123 cm³/mol. The summed E-state index contributed by atoms with van der Waals surface area (Å²) >= 11 is -1.36. The first kappa shape index (κ1) is 23.2. The molecule has 0 radical (unpaired) electrons. The Morgan fingerprint density at radius 3 is 2.52 bits per heavy atom. The Hall–Kier alpha value is -2.51. The van der Waals surface area contributed by atoms with E-state index in [1.807, 2.05) is 0 Å². The van der Waals surface area contributed by atoms with Crippen molar-refractivity contribution in [3.8, 4) is 5.75 Å². The second-order valence-corrected chi connectivity index (χ2v) is 9.20. The van der Waals surface area contributed by atoms with Crippen molar-refractivity contribution in [2.24, 2.45) is 0 Å². The summed E-state index contributed by atoms with van der Waals surface area (Å²) in [5.41, 5.74) is 0.163. The number of hydrogen-bond acceptors (Lipinski definition) is 5. The van der Waals surface area contributed by atoms with Gasteiger partial charge in [0.05, 0.1) is 22.9 Å². The van der Waals surface area contributed by atoms with Gasteiger partial charge >= 0.3 is 5.97 Å². The first-order valence-corrected chi connectivity index (χ1v) is 12.1. The van der Waals surface area contributed by atoms with E-state index in [9.17, 15) is 19.2 Å². The summed E-state index contributed by atoms with van der Waals surface area (Å²) in [5.74, 6) is -0.278. The van der Waals surface area contributed by atoms with Crippen molar-refractivity contribution in [3.05, 3.63) is 46.1 Å². The molecule has 0 aliphatic carbocycles. The van der Waals surface area contributed by atoms with Crippen molar-refractivity contribution in [1.82, 2.24) is 0 Å². The summed E-state index contributed by atoms with van der Waals surface area (Å²) in [7, 11) is 0. The molecule has 0 aliphatic rings. The van der Waals surface area contributed by atoms with E-state index >= 15 is 0 Å². The summed E-state index contributed by atoms with van der Waals surface area (Å²) in [6.45, 7) is 4.49. The van der Waals surface area contributed by atoms with Gasteiger partial charge in [-0.05, 0) is 48.8 Å². The fourth-order valence-corrected chi connectivity index (χ4v) is 4.43. The van der Waals surface area contributed by atoms with Crippen LogP contribution in [0.15, 0.2) is 44.4 Å². The zero-order chi connectivity index (χ0) is 22.4. The topological polar surface area (TPSA) is 99.8 Å². The number of carboxylic acid groups (broad SMARTS) is 1. The maximum absolute atomic E-state index is 13.1. The molecule has 0 saturated carbocycles. The lowest BCUT2D eigenvalue weighted by Gasteiger charge is -2.13. The molecule has 0 saturated heterocycles. The van der Waals surface area contributed by atoms with Gasteiger partial charge in [0, 0.05) is 6.07 Å². The highest BCUT2D eigenvalue weighted by Crippen LogP contribution is 2.31. The highest BCUT2D eigenvalue weighted by Gasteiger charge is 2.21. The fourth-order valence-electron chi connectivity index (χ4n) is 3.52. The number of benzene rings is 2. The van der Waals surface area contributed by atoms with Crippen LogP contribution in [0.4, 0.5) is 0 Å². The minimum atomic E-state index is -1.36. The van der Waals surface area contributed by atoms with Crippen LogP contribution in [0, 0.1) is 0 Å². The Morgan fingerprint density at radius 1 is 1.06 bits per heavy atom. The summed E-state index contributed by atoms with van der Waals surface area (Å²) in [6, 6.07) is 7.43. The third kappa shape index (κ3) is 5.40. The molecule has 6 nitrogen and oxygen atoms in total. The van der Waals surface area contributed by atoms with Crippen molar-refractivity contribution in [1.29, 1.82) is 0 Å². The second-order valence-electron chi connectivity index (χ2n) is 7.50. The SMILES string of the molecule is CCCCCCCCOc1cc([S+]([O-])CC)c2oc3ccc(C(=O)O)cc3c(=O)c2c1. The predicted octanol–water partition coefficient (Wildman–Crippen LogP) is 5.51. The lowest BCUT2D eigenvalue weighted by atomic mass is 10.1. The van der Waals surface area contributed by atoms with E-state index in [1.54, 1.807) is 19.1 Å². The lowest BCUT2D eigenvalue weighted by Crippen LogP contribution is -2.10. The van der Waals surface area contributed by atoms with Gasteiger partial charge in [0.2, 0.25) is 5.43 Å². The van der Waals surface area contributed by atoms with Gasteiger partial charge in [-0.3, -0.25) is 4.79 Å². The number of unbranched alkanes of at least 4 members (excludes halogenated alkanes) is 5. The molecule has 1 aromatic heterocycles. The molecular weight excluding hydrogens is 416 g/mol. The van der Waals surface area contributed by atoms with Crippen molar-refractivity contribution in [2.45, 2.75) is 57.3 Å². The number of fused-ring (bicyclic) bond motifs is 2. The van der Waals surface area contributed by atoms with Gasteiger partial charge in [-0.2, -0.15) is 0 Å². The fraction of sp³-hybridized carbons (Fsp3) is 0.417. The Kier molecular flexibility index (Phi) is 7.98. The molecule has 0 aliphatic heterocycles. The molecule has 0 fully saturated rings. The minimum Gasteiger partial charge on any atom is -0.611 e. The summed E-state index contributed by atoms with van der Waals surface area (Å²) in [6.07, 6.45) is 6.82. The molecular formula is C24H28O6S. The van der Waals surface area contributed by atoms with Crippen LogP contribution in [-0.2, 0) is 11.2 Å². The van der Waals surface area contributed by atoms with Crippen molar-refractivity contribution in [3.63, 3.8) is 0 Å². The number of aromatic carboxylic acids is 1. The van der Waals surface area contributed by atoms with E-state index in [4.69, 9.17) is 9.15 Å². The zero-order valence-corrected chi connectivity index (χ0v) is 18.8. The second kappa shape index (κ2) is 10.7. The number of hydrogen-bond donors (Lipinski definition) is 1. The van der Waals surface area contributed by atoms with Gasteiger partial charge < -0.3 is 18.8 Å².